The number of nitrogens with one attached hydrogen (secondary N) is 1. The van der Waals surface area contributed by atoms with Gasteiger partial charge in [-0.2, -0.15) is 0 Å². The van der Waals surface area contributed by atoms with Crippen molar-refractivity contribution < 1.29 is 4.79 Å². The van der Waals surface area contributed by atoms with Crippen molar-refractivity contribution in [3.05, 3.63) is 0 Å². The van der Waals surface area contributed by atoms with Gasteiger partial charge in [0.15, 0.2) is 0 Å². The summed E-state index contributed by atoms with van der Waals surface area (Å²) in [6.07, 6.45) is 4.30. The number of hydrogen-bond acceptors (Lipinski definition) is 2. The molecule has 1 rings (SSSR count). The van der Waals surface area contributed by atoms with Crippen molar-refractivity contribution in [3.8, 4) is 0 Å². The van der Waals surface area contributed by atoms with Crippen molar-refractivity contribution in [1.82, 2.24) is 5.43 Å². The van der Waals surface area contributed by atoms with E-state index in [9.17, 15) is 4.79 Å². The molecule has 0 atom stereocenters. The summed E-state index contributed by atoms with van der Waals surface area (Å²) >= 11 is 0. The van der Waals surface area contributed by atoms with Crippen molar-refractivity contribution >= 4 is 5.91 Å². The molecule has 0 spiro atoms. The summed E-state index contributed by atoms with van der Waals surface area (Å²) in [5, 5.41) is 0. The quantitative estimate of drug-likeness (QED) is 0.371. The molecule has 0 radical (unpaired) electrons. The van der Waals surface area contributed by atoms with E-state index in [1.54, 1.807) is 0 Å². The Morgan fingerprint density at radius 3 is 2.25 bits per heavy atom. The Morgan fingerprint density at radius 2 is 1.92 bits per heavy atom. The van der Waals surface area contributed by atoms with Crippen molar-refractivity contribution in [2.75, 3.05) is 0 Å². The lowest BCUT2D eigenvalue weighted by Crippen LogP contribution is -2.45. The van der Waals surface area contributed by atoms with E-state index in [2.05, 4.69) is 19.3 Å². The monoisotopic (exact) mass is 170 g/mol. The summed E-state index contributed by atoms with van der Waals surface area (Å²) in [6, 6.07) is 0. The van der Waals surface area contributed by atoms with E-state index in [0.29, 0.717) is 5.92 Å². The predicted molar refractivity (Wildman–Crippen MR) is 48.1 cm³/mol. The Labute approximate surface area is 73.7 Å². The molecule has 1 fully saturated rings. The van der Waals surface area contributed by atoms with Gasteiger partial charge >= 0.3 is 0 Å². The van der Waals surface area contributed by atoms with Gasteiger partial charge in [-0.05, 0) is 18.8 Å². The lowest BCUT2D eigenvalue weighted by atomic mass is 9.75. The summed E-state index contributed by atoms with van der Waals surface area (Å²) in [6.45, 7) is 4.20. The Morgan fingerprint density at radius 1 is 1.42 bits per heavy atom. The van der Waals surface area contributed by atoms with Crippen LogP contribution in [0.3, 0.4) is 0 Å². The molecule has 70 valence electrons. The number of rotatable bonds is 2. The molecule has 0 heterocycles. The summed E-state index contributed by atoms with van der Waals surface area (Å²) in [4.78, 5) is 11.5. The Kier molecular flexibility index (Phi) is 2.73. The largest absolute Gasteiger partial charge is 0.294 e. The van der Waals surface area contributed by atoms with Crippen LogP contribution in [0.4, 0.5) is 0 Å². The Bertz CT molecular complexity index is 171. The molecule has 1 saturated carbocycles. The summed E-state index contributed by atoms with van der Waals surface area (Å²) in [7, 11) is 0. The zero-order chi connectivity index (χ0) is 9.19. The van der Waals surface area contributed by atoms with Crippen LogP contribution in [-0.4, -0.2) is 5.91 Å². The third-order valence-corrected chi connectivity index (χ3v) is 3.18. The highest BCUT2D eigenvalue weighted by molar-refractivity contribution is 5.82. The van der Waals surface area contributed by atoms with Crippen LogP contribution in [-0.2, 0) is 4.79 Å². The first-order valence-electron chi connectivity index (χ1n) is 4.64. The smallest absolute Gasteiger partial charge is 0.240 e. The van der Waals surface area contributed by atoms with E-state index in [1.807, 2.05) is 0 Å². The van der Waals surface area contributed by atoms with Gasteiger partial charge in [-0.25, -0.2) is 5.84 Å². The van der Waals surface area contributed by atoms with Crippen LogP contribution in [0.15, 0.2) is 0 Å². The molecule has 0 unspecified atom stereocenters. The first-order chi connectivity index (χ1) is 5.63. The molecule has 0 bridgehead atoms. The maximum absolute atomic E-state index is 11.5. The second kappa shape index (κ2) is 3.44. The number of nitrogens with two attached hydrogens (primary N) is 1. The van der Waals surface area contributed by atoms with Crippen LogP contribution in [0, 0.1) is 11.3 Å². The van der Waals surface area contributed by atoms with Crippen LogP contribution in [0.1, 0.15) is 39.5 Å². The number of amides is 1. The van der Waals surface area contributed by atoms with Crippen LogP contribution in [0.25, 0.3) is 0 Å². The molecule has 3 heteroatoms. The number of carbonyl (C=O) groups excluding carboxylic acids is 1. The summed E-state index contributed by atoms with van der Waals surface area (Å²) < 4.78 is 0. The van der Waals surface area contributed by atoms with Gasteiger partial charge in [0.25, 0.3) is 0 Å². The van der Waals surface area contributed by atoms with Crippen LogP contribution in [0.5, 0.6) is 0 Å². The Balaban J connectivity index is 2.78. The molecule has 0 aromatic carbocycles. The minimum absolute atomic E-state index is 0.0231. The van der Waals surface area contributed by atoms with Gasteiger partial charge in [-0.3, -0.25) is 10.2 Å². The third-order valence-electron chi connectivity index (χ3n) is 3.18. The van der Waals surface area contributed by atoms with Crippen LogP contribution in [0.2, 0.25) is 0 Å². The summed E-state index contributed by atoms with van der Waals surface area (Å²) in [5.74, 6) is 5.59. The lowest BCUT2D eigenvalue weighted by molar-refractivity contribution is -0.133. The van der Waals surface area contributed by atoms with E-state index in [-0.39, 0.29) is 11.3 Å². The van der Waals surface area contributed by atoms with Gasteiger partial charge < -0.3 is 0 Å². The molecule has 3 N–H and O–H groups in total. The normalized spacial score (nSPS) is 21.3. The average Bonchev–Trinajstić information content (AvgIpc) is 2.52. The zero-order valence-corrected chi connectivity index (χ0v) is 7.89. The van der Waals surface area contributed by atoms with E-state index in [4.69, 9.17) is 5.84 Å². The molecule has 3 nitrogen and oxygen atoms in total. The SMILES string of the molecule is CC(C)C1(C(=O)NN)CCCC1. The van der Waals surface area contributed by atoms with Gasteiger partial charge in [-0.1, -0.05) is 26.7 Å². The first-order valence-corrected chi connectivity index (χ1v) is 4.64. The first kappa shape index (κ1) is 9.52. The van der Waals surface area contributed by atoms with E-state index in [0.717, 1.165) is 25.7 Å². The second-order valence-electron chi connectivity index (χ2n) is 3.99. The average molecular weight is 170 g/mol. The fraction of sp³-hybridized carbons (Fsp3) is 0.889. The van der Waals surface area contributed by atoms with Crippen molar-refractivity contribution in [3.63, 3.8) is 0 Å². The van der Waals surface area contributed by atoms with Crippen molar-refractivity contribution in [1.29, 1.82) is 0 Å². The van der Waals surface area contributed by atoms with E-state index < -0.39 is 0 Å². The third kappa shape index (κ3) is 1.33. The summed E-state index contributed by atoms with van der Waals surface area (Å²) in [5.41, 5.74) is 2.12. The van der Waals surface area contributed by atoms with E-state index >= 15 is 0 Å². The minimum atomic E-state index is -0.172. The maximum atomic E-state index is 11.5. The van der Waals surface area contributed by atoms with Crippen molar-refractivity contribution in [2.45, 2.75) is 39.5 Å². The number of hydrazine groups is 1. The van der Waals surface area contributed by atoms with Crippen LogP contribution < -0.4 is 11.3 Å². The minimum Gasteiger partial charge on any atom is -0.294 e. The van der Waals surface area contributed by atoms with Gasteiger partial charge in [0.2, 0.25) is 5.91 Å². The highest BCUT2D eigenvalue weighted by atomic mass is 16.2. The molecular formula is C9H18N2O. The molecule has 1 aliphatic rings. The fourth-order valence-electron chi connectivity index (χ4n) is 2.22. The molecule has 0 saturated heterocycles. The second-order valence-corrected chi connectivity index (χ2v) is 3.99. The predicted octanol–water partition coefficient (Wildman–Crippen LogP) is 1.19. The van der Waals surface area contributed by atoms with Crippen molar-refractivity contribution in [2.24, 2.45) is 17.2 Å². The topological polar surface area (TPSA) is 55.1 Å². The molecule has 1 aliphatic carbocycles. The molecule has 0 aromatic heterocycles. The molecule has 1 amide bonds. The van der Waals surface area contributed by atoms with Gasteiger partial charge in [0.1, 0.15) is 0 Å². The van der Waals surface area contributed by atoms with E-state index in [1.165, 1.54) is 0 Å². The van der Waals surface area contributed by atoms with Crippen LogP contribution >= 0.6 is 0 Å². The standard InChI is InChI=1S/C9H18N2O/c1-7(2)9(8(12)11-10)5-3-4-6-9/h7H,3-6,10H2,1-2H3,(H,11,12). The molecule has 0 aromatic rings. The highest BCUT2D eigenvalue weighted by Gasteiger charge is 2.43. The molecule has 0 aliphatic heterocycles. The number of carbonyl (C=O) groups is 1. The van der Waals surface area contributed by atoms with Gasteiger partial charge in [-0.15, -0.1) is 0 Å². The fourth-order valence-corrected chi connectivity index (χ4v) is 2.22. The zero-order valence-electron chi connectivity index (χ0n) is 7.89. The number of hydrogen-bond donors (Lipinski definition) is 2. The molecular weight excluding hydrogens is 152 g/mol. The maximum Gasteiger partial charge on any atom is 0.240 e. The lowest BCUT2D eigenvalue weighted by Gasteiger charge is -2.30. The Hall–Kier alpha value is -0.570. The highest BCUT2D eigenvalue weighted by Crippen LogP contribution is 2.44. The van der Waals surface area contributed by atoms with Gasteiger partial charge in [0.05, 0.1) is 5.41 Å². The molecule has 12 heavy (non-hydrogen) atoms. The van der Waals surface area contributed by atoms with Gasteiger partial charge in [0, 0.05) is 0 Å².